The van der Waals surface area contributed by atoms with E-state index in [1.807, 2.05) is 6.08 Å². The SMILES string of the molecule is C=CCNCCN(CC)CC(CC)CC. The van der Waals surface area contributed by atoms with E-state index in [4.69, 9.17) is 0 Å². The van der Waals surface area contributed by atoms with Crippen molar-refractivity contribution in [3.63, 3.8) is 0 Å². The van der Waals surface area contributed by atoms with Gasteiger partial charge in [0, 0.05) is 26.2 Å². The molecule has 0 aliphatic carbocycles. The molecule has 0 aromatic heterocycles. The topological polar surface area (TPSA) is 15.3 Å². The highest BCUT2D eigenvalue weighted by Gasteiger charge is 2.08. The Bertz CT molecular complexity index is 141. The van der Waals surface area contributed by atoms with E-state index in [0.29, 0.717) is 0 Å². The van der Waals surface area contributed by atoms with Crippen LogP contribution in [0, 0.1) is 5.92 Å². The van der Waals surface area contributed by atoms with E-state index in [1.54, 1.807) is 0 Å². The molecule has 0 radical (unpaired) electrons. The molecule has 0 aliphatic rings. The van der Waals surface area contributed by atoms with Gasteiger partial charge in [-0.15, -0.1) is 6.58 Å². The molecule has 0 amide bonds. The van der Waals surface area contributed by atoms with Crippen LogP contribution in [0.15, 0.2) is 12.7 Å². The van der Waals surface area contributed by atoms with Crippen molar-refractivity contribution >= 4 is 0 Å². The van der Waals surface area contributed by atoms with E-state index in [-0.39, 0.29) is 0 Å². The summed E-state index contributed by atoms with van der Waals surface area (Å²) in [6, 6.07) is 0. The Morgan fingerprint density at radius 1 is 1.27 bits per heavy atom. The highest BCUT2D eigenvalue weighted by Crippen LogP contribution is 2.09. The van der Waals surface area contributed by atoms with Gasteiger partial charge in [0.1, 0.15) is 0 Å². The van der Waals surface area contributed by atoms with Crippen LogP contribution in [0.3, 0.4) is 0 Å². The van der Waals surface area contributed by atoms with Crippen LogP contribution in [-0.4, -0.2) is 37.6 Å². The quantitative estimate of drug-likeness (QED) is 0.442. The van der Waals surface area contributed by atoms with Crippen LogP contribution in [0.4, 0.5) is 0 Å². The van der Waals surface area contributed by atoms with Crippen LogP contribution in [-0.2, 0) is 0 Å². The van der Waals surface area contributed by atoms with Crippen molar-refractivity contribution < 1.29 is 0 Å². The third kappa shape index (κ3) is 7.57. The second-order valence-electron chi connectivity index (χ2n) is 4.07. The molecule has 15 heavy (non-hydrogen) atoms. The standard InChI is InChI=1S/C13H28N2/c1-5-9-14-10-11-15(8-4)12-13(6-2)7-3/h5,13-14H,1,6-12H2,2-4H3. The highest BCUT2D eigenvalue weighted by atomic mass is 15.1. The molecule has 0 aliphatic heterocycles. The maximum absolute atomic E-state index is 3.70. The number of hydrogen-bond donors (Lipinski definition) is 1. The van der Waals surface area contributed by atoms with Gasteiger partial charge in [0.2, 0.25) is 0 Å². The van der Waals surface area contributed by atoms with E-state index in [2.05, 4.69) is 37.6 Å². The summed E-state index contributed by atoms with van der Waals surface area (Å²) in [5.74, 6) is 0.865. The van der Waals surface area contributed by atoms with Crippen LogP contribution < -0.4 is 5.32 Å². The van der Waals surface area contributed by atoms with E-state index in [0.717, 1.165) is 32.1 Å². The summed E-state index contributed by atoms with van der Waals surface area (Å²) in [7, 11) is 0. The lowest BCUT2D eigenvalue weighted by Gasteiger charge is -2.25. The first-order valence-corrected chi connectivity index (χ1v) is 6.32. The summed E-state index contributed by atoms with van der Waals surface area (Å²) in [5, 5.41) is 3.35. The molecule has 0 unspecified atom stereocenters. The Hall–Kier alpha value is -0.340. The lowest BCUT2D eigenvalue weighted by Crippen LogP contribution is -2.35. The summed E-state index contributed by atoms with van der Waals surface area (Å²) < 4.78 is 0. The molecule has 0 atom stereocenters. The fourth-order valence-electron chi connectivity index (χ4n) is 1.73. The van der Waals surface area contributed by atoms with Gasteiger partial charge in [-0.05, 0) is 12.5 Å². The molecule has 1 N–H and O–H groups in total. The lowest BCUT2D eigenvalue weighted by atomic mass is 10.0. The predicted molar refractivity (Wildman–Crippen MR) is 69.3 cm³/mol. The third-order valence-electron chi connectivity index (χ3n) is 3.01. The molecule has 90 valence electrons. The summed E-state index contributed by atoms with van der Waals surface area (Å²) in [4.78, 5) is 2.54. The first-order chi connectivity index (χ1) is 7.28. The van der Waals surface area contributed by atoms with Gasteiger partial charge < -0.3 is 10.2 Å². The summed E-state index contributed by atoms with van der Waals surface area (Å²) in [6.07, 6.45) is 4.51. The minimum absolute atomic E-state index is 0.865. The van der Waals surface area contributed by atoms with Crippen molar-refractivity contribution in [3.8, 4) is 0 Å². The minimum atomic E-state index is 0.865. The summed E-state index contributed by atoms with van der Waals surface area (Å²) in [5.41, 5.74) is 0. The average Bonchev–Trinajstić information content (AvgIpc) is 2.28. The fraction of sp³-hybridized carbons (Fsp3) is 0.846. The van der Waals surface area contributed by atoms with Crippen LogP contribution >= 0.6 is 0 Å². The van der Waals surface area contributed by atoms with Crippen molar-refractivity contribution in [3.05, 3.63) is 12.7 Å². The van der Waals surface area contributed by atoms with Gasteiger partial charge in [-0.2, -0.15) is 0 Å². The molecule has 0 bridgehead atoms. The Morgan fingerprint density at radius 3 is 2.40 bits per heavy atom. The minimum Gasteiger partial charge on any atom is -0.312 e. The number of likely N-dealkylation sites (N-methyl/N-ethyl adjacent to an activating group) is 1. The van der Waals surface area contributed by atoms with Crippen LogP contribution in [0.2, 0.25) is 0 Å². The number of rotatable bonds is 10. The number of hydrogen-bond acceptors (Lipinski definition) is 2. The maximum atomic E-state index is 3.70. The Labute approximate surface area is 95.7 Å². The van der Waals surface area contributed by atoms with Gasteiger partial charge in [0.15, 0.2) is 0 Å². The van der Waals surface area contributed by atoms with Gasteiger partial charge in [-0.25, -0.2) is 0 Å². The molecule has 0 saturated carbocycles. The van der Waals surface area contributed by atoms with E-state index < -0.39 is 0 Å². The van der Waals surface area contributed by atoms with Crippen molar-refractivity contribution in [2.24, 2.45) is 5.92 Å². The maximum Gasteiger partial charge on any atom is 0.0132 e. The Morgan fingerprint density at radius 2 is 1.93 bits per heavy atom. The van der Waals surface area contributed by atoms with E-state index in [9.17, 15) is 0 Å². The van der Waals surface area contributed by atoms with Crippen molar-refractivity contribution in [1.82, 2.24) is 10.2 Å². The zero-order chi connectivity index (χ0) is 11.5. The normalized spacial score (nSPS) is 11.3. The molecule has 0 aromatic carbocycles. The average molecular weight is 212 g/mol. The van der Waals surface area contributed by atoms with Gasteiger partial charge in [-0.3, -0.25) is 0 Å². The first-order valence-electron chi connectivity index (χ1n) is 6.32. The highest BCUT2D eigenvalue weighted by molar-refractivity contribution is 4.70. The molecule has 2 nitrogen and oxygen atoms in total. The lowest BCUT2D eigenvalue weighted by molar-refractivity contribution is 0.235. The zero-order valence-electron chi connectivity index (χ0n) is 10.8. The molecule has 0 rings (SSSR count). The first kappa shape index (κ1) is 14.7. The Balaban J connectivity index is 3.66. The molecule has 0 heterocycles. The van der Waals surface area contributed by atoms with Gasteiger partial charge >= 0.3 is 0 Å². The molecule has 0 saturated heterocycles. The summed E-state index contributed by atoms with van der Waals surface area (Å²) in [6.45, 7) is 16.1. The van der Waals surface area contributed by atoms with Crippen molar-refractivity contribution in [1.29, 1.82) is 0 Å². The van der Waals surface area contributed by atoms with Gasteiger partial charge in [-0.1, -0.05) is 39.7 Å². The zero-order valence-corrected chi connectivity index (χ0v) is 10.8. The molecule has 0 aromatic rings. The number of nitrogens with one attached hydrogen (secondary N) is 1. The van der Waals surface area contributed by atoms with Gasteiger partial charge in [0.25, 0.3) is 0 Å². The molecule has 0 spiro atoms. The molecule has 0 fully saturated rings. The largest absolute Gasteiger partial charge is 0.312 e. The predicted octanol–water partition coefficient (Wildman–Crippen LogP) is 2.52. The molecular weight excluding hydrogens is 184 g/mol. The number of nitrogens with zero attached hydrogens (tertiary/aromatic N) is 1. The van der Waals surface area contributed by atoms with E-state index in [1.165, 1.54) is 19.4 Å². The van der Waals surface area contributed by atoms with Crippen LogP contribution in [0.25, 0.3) is 0 Å². The second kappa shape index (κ2) is 10.2. The molecular formula is C13H28N2. The van der Waals surface area contributed by atoms with Crippen molar-refractivity contribution in [2.75, 3.05) is 32.7 Å². The summed E-state index contributed by atoms with van der Waals surface area (Å²) >= 11 is 0. The second-order valence-corrected chi connectivity index (χ2v) is 4.07. The van der Waals surface area contributed by atoms with Crippen LogP contribution in [0.1, 0.15) is 33.6 Å². The van der Waals surface area contributed by atoms with Crippen molar-refractivity contribution in [2.45, 2.75) is 33.6 Å². The van der Waals surface area contributed by atoms with Gasteiger partial charge in [0.05, 0.1) is 0 Å². The smallest absolute Gasteiger partial charge is 0.0132 e. The monoisotopic (exact) mass is 212 g/mol. The fourth-order valence-corrected chi connectivity index (χ4v) is 1.73. The molecule has 2 heteroatoms. The van der Waals surface area contributed by atoms with Crippen LogP contribution in [0.5, 0.6) is 0 Å². The Kier molecular flexibility index (Phi) is 9.96. The van der Waals surface area contributed by atoms with E-state index >= 15 is 0 Å². The third-order valence-corrected chi connectivity index (χ3v) is 3.01.